The number of hydrogen-bond acceptors (Lipinski definition) is 6. The van der Waals surface area contributed by atoms with Crippen LogP contribution in [-0.4, -0.2) is 27.6 Å². The Balaban J connectivity index is 1.38. The van der Waals surface area contributed by atoms with Gasteiger partial charge in [0.15, 0.2) is 5.58 Å². The number of carbonyl (C=O) groups is 1. The molecule has 3 aromatic heterocycles. The number of para-hydroxylation sites is 2. The molecule has 5 aromatic rings. The van der Waals surface area contributed by atoms with Gasteiger partial charge in [0, 0.05) is 23.4 Å². The molecule has 0 radical (unpaired) electrons. The SMILES string of the molecule is COc1cccc(Cn2cccc(NC(=O)c3cccc(-c4nc5ccccc5o4)c3)c2=O)n1. The molecule has 0 aliphatic heterocycles. The highest BCUT2D eigenvalue weighted by atomic mass is 16.5. The molecule has 0 spiro atoms. The molecule has 1 amide bonds. The average Bonchev–Trinajstić information content (AvgIpc) is 3.31. The summed E-state index contributed by atoms with van der Waals surface area (Å²) in [4.78, 5) is 34.7. The first-order chi connectivity index (χ1) is 16.6. The van der Waals surface area contributed by atoms with E-state index in [1.807, 2.05) is 36.4 Å². The van der Waals surface area contributed by atoms with Gasteiger partial charge < -0.3 is 19.0 Å². The first kappa shape index (κ1) is 21.1. The van der Waals surface area contributed by atoms with Gasteiger partial charge in [0.25, 0.3) is 11.5 Å². The summed E-state index contributed by atoms with van der Waals surface area (Å²) in [6, 6.07) is 23.0. The van der Waals surface area contributed by atoms with Crippen molar-refractivity contribution in [2.45, 2.75) is 6.54 Å². The average molecular weight is 452 g/mol. The maximum atomic E-state index is 12.9. The van der Waals surface area contributed by atoms with E-state index in [0.717, 1.165) is 5.52 Å². The second kappa shape index (κ2) is 9.03. The molecule has 3 heterocycles. The Labute approximate surface area is 194 Å². The molecule has 8 heteroatoms. The minimum absolute atomic E-state index is 0.169. The number of oxazole rings is 1. The van der Waals surface area contributed by atoms with E-state index in [1.165, 1.54) is 11.7 Å². The topological polar surface area (TPSA) is 99.2 Å². The molecule has 0 bridgehead atoms. The van der Waals surface area contributed by atoms with Crippen LogP contribution in [0.4, 0.5) is 5.69 Å². The fraction of sp³-hybridized carbons (Fsp3) is 0.0769. The molecule has 168 valence electrons. The lowest BCUT2D eigenvalue weighted by atomic mass is 10.1. The highest BCUT2D eigenvalue weighted by Gasteiger charge is 2.14. The number of ether oxygens (including phenoxy) is 1. The number of rotatable bonds is 6. The van der Waals surface area contributed by atoms with E-state index in [4.69, 9.17) is 9.15 Å². The summed E-state index contributed by atoms with van der Waals surface area (Å²) >= 11 is 0. The van der Waals surface area contributed by atoms with Gasteiger partial charge in [-0.15, -0.1) is 0 Å². The van der Waals surface area contributed by atoms with Gasteiger partial charge in [-0.25, -0.2) is 9.97 Å². The Morgan fingerprint density at radius 3 is 2.71 bits per heavy atom. The van der Waals surface area contributed by atoms with E-state index < -0.39 is 5.91 Å². The summed E-state index contributed by atoms with van der Waals surface area (Å²) in [7, 11) is 1.54. The number of amides is 1. The van der Waals surface area contributed by atoms with E-state index in [1.54, 1.807) is 48.7 Å². The minimum Gasteiger partial charge on any atom is -0.481 e. The van der Waals surface area contributed by atoms with Crippen molar-refractivity contribution in [1.82, 2.24) is 14.5 Å². The summed E-state index contributed by atoms with van der Waals surface area (Å²) in [5.41, 5.74) is 2.95. The number of aromatic nitrogens is 3. The van der Waals surface area contributed by atoms with Crippen molar-refractivity contribution in [1.29, 1.82) is 0 Å². The molecule has 0 saturated heterocycles. The van der Waals surface area contributed by atoms with Gasteiger partial charge in [0.05, 0.1) is 19.3 Å². The number of methoxy groups -OCH3 is 1. The summed E-state index contributed by atoms with van der Waals surface area (Å²) in [6.07, 6.45) is 1.65. The minimum atomic E-state index is -0.410. The Morgan fingerprint density at radius 2 is 1.85 bits per heavy atom. The number of pyridine rings is 2. The van der Waals surface area contributed by atoms with Crippen LogP contribution in [0.25, 0.3) is 22.6 Å². The number of hydrogen-bond donors (Lipinski definition) is 1. The van der Waals surface area contributed by atoms with Gasteiger partial charge in [-0.05, 0) is 48.5 Å². The van der Waals surface area contributed by atoms with Crippen molar-refractivity contribution in [3.63, 3.8) is 0 Å². The number of nitrogens with zero attached hydrogens (tertiary/aromatic N) is 3. The normalized spacial score (nSPS) is 10.9. The van der Waals surface area contributed by atoms with E-state index in [2.05, 4.69) is 15.3 Å². The van der Waals surface area contributed by atoms with Crippen LogP contribution < -0.4 is 15.6 Å². The van der Waals surface area contributed by atoms with Crippen LogP contribution in [0.1, 0.15) is 16.1 Å². The van der Waals surface area contributed by atoms with Gasteiger partial charge in [0.2, 0.25) is 11.8 Å². The highest BCUT2D eigenvalue weighted by molar-refractivity contribution is 6.04. The van der Waals surface area contributed by atoms with Crippen LogP contribution in [0.3, 0.4) is 0 Å². The van der Waals surface area contributed by atoms with Gasteiger partial charge >= 0.3 is 0 Å². The second-order valence-corrected chi connectivity index (χ2v) is 7.55. The Morgan fingerprint density at radius 1 is 1.00 bits per heavy atom. The molecule has 34 heavy (non-hydrogen) atoms. The Hall–Kier alpha value is -4.72. The van der Waals surface area contributed by atoms with Gasteiger partial charge in [-0.1, -0.05) is 24.3 Å². The van der Waals surface area contributed by atoms with Crippen LogP contribution in [-0.2, 0) is 6.54 Å². The summed E-state index contributed by atoms with van der Waals surface area (Å²) < 4.78 is 12.4. The molecule has 0 aliphatic carbocycles. The van der Waals surface area contributed by atoms with Crippen LogP contribution in [0.15, 0.2) is 94.3 Å². The second-order valence-electron chi connectivity index (χ2n) is 7.55. The number of nitrogens with one attached hydrogen (secondary N) is 1. The van der Waals surface area contributed by atoms with Crippen LogP contribution in [0.5, 0.6) is 5.88 Å². The summed E-state index contributed by atoms with van der Waals surface area (Å²) in [5.74, 6) is 0.477. The summed E-state index contributed by atoms with van der Waals surface area (Å²) in [5, 5.41) is 2.71. The standard InChI is InChI=1S/C26H20N4O4/c1-33-23-13-5-9-19(27-23)16-30-14-6-11-21(26(30)32)28-24(31)17-7-4-8-18(15-17)25-29-20-10-2-3-12-22(20)34-25/h2-15H,16H2,1H3,(H,28,31). The van der Waals surface area contributed by atoms with Gasteiger partial charge in [-0.2, -0.15) is 0 Å². The van der Waals surface area contributed by atoms with Crippen LogP contribution in [0, 0.1) is 0 Å². The fourth-order valence-corrected chi connectivity index (χ4v) is 3.57. The zero-order valence-corrected chi connectivity index (χ0v) is 18.3. The molecule has 0 atom stereocenters. The van der Waals surface area contributed by atoms with Crippen molar-refractivity contribution in [3.8, 4) is 17.3 Å². The summed E-state index contributed by atoms with van der Waals surface area (Å²) in [6.45, 7) is 0.243. The number of carbonyl (C=O) groups excluding carboxylic acids is 1. The molecule has 5 rings (SSSR count). The van der Waals surface area contributed by atoms with Crippen LogP contribution in [0.2, 0.25) is 0 Å². The Bertz CT molecular complexity index is 1520. The fourth-order valence-electron chi connectivity index (χ4n) is 3.57. The molecule has 0 unspecified atom stereocenters. The predicted octanol–water partition coefficient (Wildman–Crippen LogP) is 4.36. The number of anilines is 1. The molecular formula is C26H20N4O4. The van der Waals surface area contributed by atoms with E-state index in [-0.39, 0.29) is 17.8 Å². The van der Waals surface area contributed by atoms with E-state index >= 15 is 0 Å². The monoisotopic (exact) mass is 452 g/mol. The number of benzene rings is 2. The maximum absolute atomic E-state index is 12.9. The molecule has 0 aliphatic rings. The predicted molar refractivity (Wildman–Crippen MR) is 128 cm³/mol. The lowest BCUT2D eigenvalue weighted by molar-refractivity contribution is 0.102. The first-order valence-corrected chi connectivity index (χ1v) is 10.6. The third kappa shape index (κ3) is 4.29. The van der Waals surface area contributed by atoms with Crippen molar-refractivity contribution in [2.24, 2.45) is 0 Å². The largest absolute Gasteiger partial charge is 0.481 e. The van der Waals surface area contributed by atoms with Crippen LogP contribution >= 0.6 is 0 Å². The maximum Gasteiger partial charge on any atom is 0.274 e. The highest BCUT2D eigenvalue weighted by Crippen LogP contribution is 2.25. The van der Waals surface area contributed by atoms with Crippen molar-refractivity contribution < 1.29 is 13.9 Å². The molecule has 0 saturated carbocycles. The van der Waals surface area contributed by atoms with E-state index in [9.17, 15) is 9.59 Å². The molecular weight excluding hydrogens is 432 g/mol. The third-order valence-corrected chi connectivity index (χ3v) is 5.26. The van der Waals surface area contributed by atoms with Gasteiger partial charge in [0.1, 0.15) is 11.2 Å². The number of fused-ring (bicyclic) bond motifs is 1. The zero-order valence-electron chi connectivity index (χ0n) is 18.3. The molecule has 0 fully saturated rings. The quantitative estimate of drug-likeness (QED) is 0.411. The van der Waals surface area contributed by atoms with E-state index in [0.29, 0.717) is 34.2 Å². The zero-order chi connectivity index (χ0) is 23.5. The van der Waals surface area contributed by atoms with Crippen molar-refractivity contribution in [3.05, 3.63) is 107 Å². The molecule has 2 aromatic carbocycles. The van der Waals surface area contributed by atoms with Gasteiger partial charge in [-0.3, -0.25) is 9.59 Å². The first-order valence-electron chi connectivity index (χ1n) is 10.6. The Kier molecular flexibility index (Phi) is 5.61. The third-order valence-electron chi connectivity index (χ3n) is 5.26. The van der Waals surface area contributed by atoms with Crippen molar-refractivity contribution in [2.75, 3.05) is 12.4 Å². The smallest absolute Gasteiger partial charge is 0.274 e. The lowest BCUT2D eigenvalue weighted by Gasteiger charge is -2.10. The molecule has 1 N–H and O–H groups in total. The molecule has 8 nitrogen and oxygen atoms in total. The van der Waals surface area contributed by atoms with Crippen molar-refractivity contribution >= 4 is 22.7 Å². The lowest BCUT2D eigenvalue weighted by Crippen LogP contribution is -2.26.